The number of halogens is 1. The molecule has 31 heavy (non-hydrogen) atoms. The van der Waals surface area contributed by atoms with E-state index in [1.54, 1.807) is 11.6 Å². The zero-order valence-corrected chi connectivity index (χ0v) is 17.5. The number of carbonyl (C=O) groups excluding carboxylic acids is 1. The Morgan fingerprint density at radius 3 is 2.94 bits per heavy atom. The molecule has 0 fully saturated rings. The SMILES string of the molecule is C=CCOC(=O)C1=C(C)Nc2nnnn2C1c1cccc(OCc2ccccc2Cl)c1. The van der Waals surface area contributed by atoms with Crippen LogP contribution in [0, 0.1) is 0 Å². The van der Waals surface area contributed by atoms with Gasteiger partial charge < -0.3 is 14.8 Å². The van der Waals surface area contributed by atoms with Gasteiger partial charge in [-0.2, -0.15) is 4.68 Å². The second-order valence-electron chi connectivity index (χ2n) is 6.85. The number of carbonyl (C=O) groups is 1. The van der Waals surface area contributed by atoms with E-state index in [9.17, 15) is 4.79 Å². The highest BCUT2D eigenvalue weighted by atomic mass is 35.5. The quantitative estimate of drug-likeness (QED) is 0.442. The maximum absolute atomic E-state index is 12.8. The molecule has 9 heteroatoms. The van der Waals surface area contributed by atoms with E-state index in [4.69, 9.17) is 21.1 Å². The van der Waals surface area contributed by atoms with Gasteiger partial charge in [0.25, 0.3) is 0 Å². The smallest absolute Gasteiger partial charge is 0.338 e. The minimum Gasteiger partial charge on any atom is -0.489 e. The first-order valence-electron chi connectivity index (χ1n) is 9.58. The van der Waals surface area contributed by atoms with E-state index < -0.39 is 12.0 Å². The van der Waals surface area contributed by atoms with E-state index in [-0.39, 0.29) is 6.61 Å². The van der Waals surface area contributed by atoms with Crippen LogP contribution < -0.4 is 10.1 Å². The molecular weight excluding hydrogens is 418 g/mol. The summed E-state index contributed by atoms with van der Waals surface area (Å²) >= 11 is 6.22. The third-order valence-corrected chi connectivity index (χ3v) is 5.16. The fraction of sp³-hybridized carbons (Fsp3) is 0.182. The van der Waals surface area contributed by atoms with Crippen molar-refractivity contribution in [2.45, 2.75) is 19.6 Å². The van der Waals surface area contributed by atoms with Crippen molar-refractivity contribution in [2.24, 2.45) is 0 Å². The van der Waals surface area contributed by atoms with E-state index in [1.807, 2.05) is 48.5 Å². The van der Waals surface area contributed by atoms with Crippen molar-refractivity contribution in [1.82, 2.24) is 20.2 Å². The van der Waals surface area contributed by atoms with Crippen molar-refractivity contribution >= 4 is 23.5 Å². The first-order chi connectivity index (χ1) is 15.1. The number of hydrogen-bond donors (Lipinski definition) is 1. The second kappa shape index (κ2) is 9.01. The van der Waals surface area contributed by atoms with Crippen molar-refractivity contribution < 1.29 is 14.3 Å². The molecule has 1 aliphatic rings. The summed E-state index contributed by atoms with van der Waals surface area (Å²) in [5.41, 5.74) is 2.67. The van der Waals surface area contributed by atoms with Crippen LogP contribution in [0.15, 0.2) is 72.5 Å². The number of nitrogens with one attached hydrogen (secondary N) is 1. The number of hydrogen-bond acceptors (Lipinski definition) is 7. The van der Waals surface area contributed by atoms with Crippen LogP contribution in [0.5, 0.6) is 5.75 Å². The standard InChI is InChI=1S/C22H20ClN5O3/c1-3-11-30-21(29)19-14(2)24-22-25-26-27-28(22)20(19)15-8-6-9-17(12-15)31-13-16-7-4-5-10-18(16)23/h3-10,12,20H,1,11,13H2,2H3,(H,24,25,27). The molecule has 1 atom stereocenters. The number of benzene rings is 2. The van der Waals surface area contributed by atoms with Crippen molar-refractivity contribution in [1.29, 1.82) is 0 Å². The summed E-state index contributed by atoms with van der Waals surface area (Å²) in [5, 5.41) is 15.5. The lowest BCUT2D eigenvalue weighted by molar-refractivity contribution is -0.138. The molecule has 1 unspecified atom stereocenters. The van der Waals surface area contributed by atoms with Crippen LogP contribution in [0.1, 0.15) is 24.1 Å². The van der Waals surface area contributed by atoms with E-state index in [0.717, 1.165) is 11.1 Å². The molecule has 1 aliphatic heterocycles. The maximum atomic E-state index is 12.8. The molecule has 8 nitrogen and oxygen atoms in total. The first kappa shape index (κ1) is 20.6. The van der Waals surface area contributed by atoms with Gasteiger partial charge in [0.15, 0.2) is 0 Å². The van der Waals surface area contributed by atoms with Gasteiger partial charge in [0.1, 0.15) is 25.0 Å². The van der Waals surface area contributed by atoms with Gasteiger partial charge in [0.05, 0.1) is 5.57 Å². The van der Waals surface area contributed by atoms with Crippen LogP contribution in [0.3, 0.4) is 0 Å². The average Bonchev–Trinajstić information content (AvgIpc) is 3.24. The summed E-state index contributed by atoms with van der Waals surface area (Å²) in [6.45, 7) is 5.79. The molecule has 1 N–H and O–H groups in total. The lowest BCUT2D eigenvalue weighted by Crippen LogP contribution is -2.29. The fourth-order valence-electron chi connectivity index (χ4n) is 3.35. The highest BCUT2D eigenvalue weighted by molar-refractivity contribution is 6.31. The van der Waals surface area contributed by atoms with Crippen molar-refractivity contribution in [3.63, 3.8) is 0 Å². The zero-order chi connectivity index (χ0) is 21.8. The molecule has 0 spiro atoms. The Bertz CT molecular complexity index is 1160. The summed E-state index contributed by atoms with van der Waals surface area (Å²) in [4.78, 5) is 12.8. The van der Waals surface area contributed by atoms with E-state index in [2.05, 4.69) is 27.4 Å². The van der Waals surface area contributed by atoms with E-state index in [1.165, 1.54) is 6.08 Å². The largest absolute Gasteiger partial charge is 0.489 e. The van der Waals surface area contributed by atoms with Gasteiger partial charge in [0, 0.05) is 16.3 Å². The molecule has 0 saturated carbocycles. The van der Waals surface area contributed by atoms with Crippen LogP contribution >= 0.6 is 11.6 Å². The zero-order valence-electron chi connectivity index (χ0n) is 16.8. The number of ether oxygens (including phenoxy) is 2. The number of allylic oxidation sites excluding steroid dienone is 1. The number of aromatic nitrogens is 4. The molecule has 3 aromatic rings. The third-order valence-electron chi connectivity index (χ3n) is 4.79. The van der Waals surface area contributed by atoms with Gasteiger partial charge in [-0.05, 0) is 41.1 Å². The Morgan fingerprint density at radius 2 is 2.13 bits per heavy atom. The van der Waals surface area contributed by atoms with E-state index in [0.29, 0.717) is 34.6 Å². The molecule has 0 saturated heterocycles. The molecular formula is C22H20ClN5O3. The fourth-order valence-corrected chi connectivity index (χ4v) is 3.54. The Balaban J connectivity index is 1.66. The van der Waals surface area contributed by atoms with Gasteiger partial charge >= 0.3 is 5.97 Å². The van der Waals surface area contributed by atoms with Gasteiger partial charge in [-0.3, -0.25) is 0 Å². The Kier molecular flexibility index (Phi) is 5.99. The number of tetrazole rings is 1. The summed E-state index contributed by atoms with van der Waals surface area (Å²) in [7, 11) is 0. The number of esters is 1. The summed E-state index contributed by atoms with van der Waals surface area (Å²) in [6, 6.07) is 14.4. The second-order valence-corrected chi connectivity index (χ2v) is 7.26. The molecule has 0 aliphatic carbocycles. The van der Waals surface area contributed by atoms with Crippen molar-refractivity contribution in [3.05, 3.63) is 88.6 Å². The summed E-state index contributed by atoms with van der Waals surface area (Å²) in [6.07, 6.45) is 1.52. The van der Waals surface area contributed by atoms with Gasteiger partial charge in [-0.25, -0.2) is 4.79 Å². The van der Waals surface area contributed by atoms with Crippen LogP contribution in [0.2, 0.25) is 5.02 Å². The lowest BCUT2D eigenvalue weighted by atomic mass is 9.95. The van der Waals surface area contributed by atoms with Crippen molar-refractivity contribution in [3.8, 4) is 5.75 Å². The highest BCUT2D eigenvalue weighted by Crippen LogP contribution is 2.36. The molecule has 0 amide bonds. The van der Waals surface area contributed by atoms with Gasteiger partial charge in [-0.15, -0.1) is 0 Å². The predicted molar refractivity (Wildman–Crippen MR) is 116 cm³/mol. The normalized spacial score (nSPS) is 15.1. The monoisotopic (exact) mass is 437 g/mol. The first-order valence-corrected chi connectivity index (χ1v) is 9.96. The van der Waals surface area contributed by atoms with Gasteiger partial charge in [0.2, 0.25) is 5.95 Å². The Hall–Kier alpha value is -3.65. The minimum atomic E-state index is -0.576. The molecule has 158 valence electrons. The number of rotatable bonds is 7. The number of anilines is 1. The van der Waals surface area contributed by atoms with Crippen molar-refractivity contribution in [2.75, 3.05) is 11.9 Å². The molecule has 0 radical (unpaired) electrons. The number of nitrogens with zero attached hydrogens (tertiary/aromatic N) is 4. The minimum absolute atomic E-state index is 0.103. The highest BCUT2D eigenvalue weighted by Gasteiger charge is 2.35. The number of fused-ring (bicyclic) bond motifs is 1. The molecule has 0 bridgehead atoms. The Labute approximate surface area is 184 Å². The van der Waals surface area contributed by atoms with Crippen LogP contribution in [-0.4, -0.2) is 32.8 Å². The van der Waals surface area contributed by atoms with Crippen LogP contribution in [0.25, 0.3) is 0 Å². The third kappa shape index (κ3) is 4.29. The molecule has 1 aromatic heterocycles. The lowest BCUT2D eigenvalue weighted by Gasteiger charge is -2.27. The maximum Gasteiger partial charge on any atom is 0.338 e. The topological polar surface area (TPSA) is 91.2 Å². The molecule has 2 heterocycles. The van der Waals surface area contributed by atoms with Crippen LogP contribution in [0.4, 0.5) is 5.95 Å². The average molecular weight is 438 g/mol. The van der Waals surface area contributed by atoms with Gasteiger partial charge in [-0.1, -0.05) is 59.7 Å². The molecule has 4 rings (SSSR count). The summed E-state index contributed by atoms with van der Waals surface area (Å²) < 4.78 is 12.8. The summed E-state index contributed by atoms with van der Waals surface area (Å²) in [5.74, 6) is 0.589. The molecule has 2 aromatic carbocycles. The Morgan fingerprint density at radius 1 is 1.29 bits per heavy atom. The predicted octanol–water partition coefficient (Wildman–Crippen LogP) is 3.92. The van der Waals surface area contributed by atoms with E-state index >= 15 is 0 Å². The van der Waals surface area contributed by atoms with Crippen LogP contribution in [-0.2, 0) is 16.1 Å².